The van der Waals surface area contributed by atoms with Crippen LogP contribution in [0.15, 0.2) is 0 Å². The minimum absolute atomic E-state index is 0.101. The molecule has 0 aromatic heterocycles. The van der Waals surface area contributed by atoms with E-state index in [1.165, 1.54) is 0 Å². The quantitative estimate of drug-likeness (QED) is 0.810. The lowest BCUT2D eigenvalue weighted by Gasteiger charge is -2.37. The van der Waals surface area contributed by atoms with Crippen LogP contribution in [0.4, 0.5) is 0 Å². The van der Waals surface area contributed by atoms with Gasteiger partial charge in [0, 0.05) is 18.0 Å². The zero-order valence-corrected chi connectivity index (χ0v) is 12.6. The van der Waals surface area contributed by atoms with E-state index in [9.17, 15) is 4.79 Å². The first-order chi connectivity index (χ1) is 8.36. The summed E-state index contributed by atoms with van der Waals surface area (Å²) in [4.78, 5) is 12.4. The molecule has 1 amide bonds. The maximum atomic E-state index is 12.4. The molecule has 1 aliphatic rings. The summed E-state index contributed by atoms with van der Waals surface area (Å²) in [5, 5.41) is 3.21. The van der Waals surface area contributed by atoms with Crippen LogP contribution in [0.25, 0.3) is 0 Å². The Morgan fingerprint density at radius 3 is 2.39 bits per heavy atom. The Bertz CT molecular complexity index is 278. The highest BCUT2D eigenvalue weighted by Gasteiger charge is 2.35. The van der Waals surface area contributed by atoms with Crippen molar-refractivity contribution in [3.05, 3.63) is 0 Å². The van der Waals surface area contributed by atoms with Gasteiger partial charge >= 0.3 is 0 Å². The third-order valence-corrected chi connectivity index (χ3v) is 4.60. The third kappa shape index (κ3) is 3.71. The Hall–Kier alpha value is -0.570. The van der Waals surface area contributed by atoms with Gasteiger partial charge in [-0.1, -0.05) is 34.6 Å². The summed E-state index contributed by atoms with van der Waals surface area (Å²) in [6, 6.07) is 0.469. The Morgan fingerprint density at radius 2 is 1.89 bits per heavy atom. The molecule has 0 radical (unpaired) electrons. The van der Waals surface area contributed by atoms with Crippen LogP contribution in [-0.4, -0.2) is 18.0 Å². The fraction of sp³-hybridized carbons (Fsp3) is 0.933. The molecule has 0 aromatic rings. The molecular formula is C15H30N2O. The molecule has 0 aromatic carbocycles. The summed E-state index contributed by atoms with van der Waals surface area (Å²) in [5.74, 6) is 1.79. The monoisotopic (exact) mass is 254 g/mol. The van der Waals surface area contributed by atoms with E-state index in [0.29, 0.717) is 23.8 Å². The van der Waals surface area contributed by atoms with E-state index < -0.39 is 0 Å². The molecule has 18 heavy (non-hydrogen) atoms. The minimum atomic E-state index is 0.101. The molecule has 0 heterocycles. The van der Waals surface area contributed by atoms with Crippen molar-refractivity contribution in [1.29, 1.82) is 0 Å². The molecule has 1 fully saturated rings. The zero-order chi connectivity index (χ0) is 13.9. The van der Waals surface area contributed by atoms with Gasteiger partial charge in [0.1, 0.15) is 0 Å². The minimum Gasteiger partial charge on any atom is -0.353 e. The lowest BCUT2D eigenvalue weighted by atomic mass is 9.72. The van der Waals surface area contributed by atoms with Crippen LogP contribution in [0.5, 0.6) is 0 Å². The Labute approximate surface area is 112 Å². The number of amides is 1. The first-order valence-electron chi connectivity index (χ1n) is 7.42. The molecule has 5 unspecified atom stereocenters. The highest BCUT2D eigenvalue weighted by molar-refractivity contribution is 5.79. The van der Waals surface area contributed by atoms with Crippen LogP contribution in [0, 0.1) is 23.7 Å². The Kier molecular flexibility index (Phi) is 5.64. The van der Waals surface area contributed by atoms with Gasteiger partial charge in [-0.2, -0.15) is 0 Å². The van der Waals surface area contributed by atoms with Crippen molar-refractivity contribution in [2.75, 3.05) is 0 Å². The van der Waals surface area contributed by atoms with Crippen LogP contribution in [0.2, 0.25) is 0 Å². The van der Waals surface area contributed by atoms with Gasteiger partial charge in [-0.05, 0) is 37.0 Å². The van der Waals surface area contributed by atoms with Gasteiger partial charge in [0.05, 0.1) is 0 Å². The van der Waals surface area contributed by atoms with Crippen molar-refractivity contribution in [3.63, 3.8) is 0 Å². The molecule has 3 heteroatoms. The maximum absolute atomic E-state index is 12.4. The second kappa shape index (κ2) is 6.55. The predicted octanol–water partition coefficient (Wildman–Crippen LogP) is 2.55. The first kappa shape index (κ1) is 15.5. The third-order valence-electron chi connectivity index (χ3n) is 4.60. The van der Waals surface area contributed by atoms with E-state index in [-0.39, 0.29) is 17.9 Å². The van der Waals surface area contributed by atoms with Gasteiger partial charge in [0.2, 0.25) is 5.91 Å². The highest BCUT2D eigenvalue weighted by atomic mass is 16.2. The lowest BCUT2D eigenvalue weighted by molar-refractivity contribution is -0.129. The van der Waals surface area contributed by atoms with Crippen LogP contribution in [0.1, 0.15) is 53.9 Å². The van der Waals surface area contributed by atoms with Crippen molar-refractivity contribution in [1.82, 2.24) is 5.32 Å². The molecule has 3 N–H and O–H groups in total. The van der Waals surface area contributed by atoms with Crippen molar-refractivity contribution < 1.29 is 4.79 Å². The average Bonchev–Trinajstić information content (AvgIpc) is 2.29. The fourth-order valence-corrected chi connectivity index (χ4v) is 3.08. The summed E-state index contributed by atoms with van der Waals surface area (Å²) in [7, 11) is 0. The smallest absolute Gasteiger partial charge is 0.223 e. The summed E-state index contributed by atoms with van der Waals surface area (Å²) in [6.07, 6.45) is 2.90. The number of hydrogen-bond donors (Lipinski definition) is 2. The number of nitrogens with one attached hydrogen (secondary N) is 1. The molecule has 1 saturated carbocycles. The molecule has 106 valence electrons. The maximum Gasteiger partial charge on any atom is 0.223 e. The first-order valence-corrected chi connectivity index (χ1v) is 7.42. The number of rotatable bonds is 4. The van der Waals surface area contributed by atoms with Gasteiger partial charge in [-0.3, -0.25) is 4.79 Å². The molecule has 3 nitrogen and oxygen atoms in total. The number of carbonyl (C=O) groups excluding carboxylic acids is 1. The molecule has 0 aliphatic heterocycles. The van der Waals surface area contributed by atoms with Crippen molar-refractivity contribution in [2.45, 2.75) is 66.0 Å². The van der Waals surface area contributed by atoms with Crippen LogP contribution >= 0.6 is 0 Å². The van der Waals surface area contributed by atoms with Gasteiger partial charge in [-0.15, -0.1) is 0 Å². The van der Waals surface area contributed by atoms with Gasteiger partial charge in [0.25, 0.3) is 0 Å². The normalized spacial score (nSPS) is 34.4. The zero-order valence-electron chi connectivity index (χ0n) is 12.6. The van der Waals surface area contributed by atoms with Crippen LogP contribution in [0.3, 0.4) is 0 Å². The van der Waals surface area contributed by atoms with Crippen LogP contribution in [-0.2, 0) is 4.79 Å². The summed E-state index contributed by atoms with van der Waals surface area (Å²) in [5.41, 5.74) is 6.11. The molecule has 5 atom stereocenters. The number of carbonyl (C=O) groups is 1. The van der Waals surface area contributed by atoms with Crippen molar-refractivity contribution >= 4 is 5.91 Å². The van der Waals surface area contributed by atoms with Gasteiger partial charge < -0.3 is 11.1 Å². The molecule has 0 spiro atoms. The molecule has 1 rings (SSSR count). The highest BCUT2D eigenvalue weighted by Crippen LogP contribution is 2.33. The standard InChI is InChI=1S/C15H30N2O/c1-6-14(9(2)3)17-15(18)12-8-13(16)11(5)7-10(12)4/h9-14H,6-8,16H2,1-5H3,(H,17,18). The Morgan fingerprint density at radius 1 is 1.28 bits per heavy atom. The molecule has 1 aliphatic carbocycles. The molecule has 0 bridgehead atoms. The lowest BCUT2D eigenvalue weighted by Crippen LogP contribution is -2.48. The second-order valence-electron chi connectivity index (χ2n) is 6.46. The largest absolute Gasteiger partial charge is 0.353 e. The van der Waals surface area contributed by atoms with E-state index >= 15 is 0 Å². The van der Waals surface area contributed by atoms with E-state index in [1.54, 1.807) is 0 Å². The van der Waals surface area contributed by atoms with E-state index in [2.05, 4.69) is 39.9 Å². The summed E-state index contributed by atoms with van der Waals surface area (Å²) >= 11 is 0. The van der Waals surface area contributed by atoms with Crippen LogP contribution < -0.4 is 11.1 Å². The van der Waals surface area contributed by atoms with E-state index in [1.807, 2.05) is 0 Å². The Balaban J connectivity index is 2.60. The van der Waals surface area contributed by atoms with Crippen molar-refractivity contribution in [3.8, 4) is 0 Å². The summed E-state index contributed by atoms with van der Waals surface area (Å²) in [6.45, 7) is 10.8. The fourth-order valence-electron chi connectivity index (χ4n) is 3.08. The molecular weight excluding hydrogens is 224 g/mol. The van der Waals surface area contributed by atoms with E-state index in [0.717, 1.165) is 19.3 Å². The number of hydrogen-bond acceptors (Lipinski definition) is 2. The average molecular weight is 254 g/mol. The van der Waals surface area contributed by atoms with E-state index in [4.69, 9.17) is 5.73 Å². The molecule has 0 saturated heterocycles. The second-order valence-corrected chi connectivity index (χ2v) is 6.46. The SMILES string of the molecule is CCC(NC(=O)C1CC(N)C(C)CC1C)C(C)C. The van der Waals surface area contributed by atoms with Crippen molar-refractivity contribution in [2.24, 2.45) is 29.4 Å². The number of nitrogens with two attached hydrogens (primary N) is 1. The summed E-state index contributed by atoms with van der Waals surface area (Å²) < 4.78 is 0. The van der Waals surface area contributed by atoms with Gasteiger partial charge in [0.15, 0.2) is 0 Å². The topological polar surface area (TPSA) is 55.1 Å². The van der Waals surface area contributed by atoms with Gasteiger partial charge in [-0.25, -0.2) is 0 Å². The predicted molar refractivity (Wildman–Crippen MR) is 76.1 cm³/mol.